The molecule has 144 valence electrons. The Kier molecular flexibility index (Phi) is 5.26. The van der Waals surface area contributed by atoms with Crippen LogP contribution >= 0.6 is 27.5 Å². The van der Waals surface area contributed by atoms with Gasteiger partial charge in [-0.05, 0) is 54.1 Å². The van der Waals surface area contributed by atoms with Crippen LogP contribution in [0.4, 0.5) is 5.69 Å². The third-order valence-electron chi connectivity index (χ3n) is 4.78. The van der Waals surface area contributed by atoms with Crippen molar-refractivity contribution in [3.05, 3.63) is 105 Å². The van der Waals surface area contributed by atoms with Gasteiger partial charge in [-0.2, -0.15) is 0 Å². The van der Waals surface area contributed by atoms with Gasteiger partial charge >= 0.3 is 0 Å². The van der Waals surface area contributed by atoms with E-state index in [1.807, 2.05) is 30.3 Å². The first-order valence-electron chi connectivity index (χ1n) is 8.85. The quantitative estimate of drug-likeness (QED) is 0.303. The second-order valence-corrected chi connectivity index (χ2v) is 7.92. The molecule has 0 aliphatic carbocycles. The average molecular weight is 469 g/mol. The number of halogens is 2. The second kappa shape index (κ2) is 7.85. The fourth-order valence-electron chi connectivity index (χ4n) is 3.41. The van der Waals surface area contributed by atoms with Crippen molar-refractivity contribution in [3.8, 4) is 0 Å². The van der Waals surface area contributed by atoms with E-state index in [2.05, 4.69) is 15.9 Å². The van der Waals surface area contributed by atoms with E-state index in [0.717, 1.165) is 4.47 Å². The SMILES string of the molecule is O=C1C(=O)N(c2ccccc2)[C@H](c2ccc(Br)cc2)C1=C(O)c1ccc(Cl)cc1. The molecule has 4 nitrogen and oxygen atoms in total. The number of Topliss-reactive ketones (excluding diaryl/α,β-unsaturated/α-hetero) is 1. The van der Waals surface area contributed by atoms with Gasteiger partial charge in [0.25, 0.3) is 11.7 Å². The fourth-order valence-corrected chi connectivity index (χ4v) is 3.80. The minimum absolute atomic E-state index is 0.0449. The minimum Gasteiger partial charge on any atom is -0.507 e. The van der Waals surface area contributed by atoms with Crippen LogP contribution in [0.5, 0.6) is 0 Å². The zero-order chi connectivity index (χ0) is 20.5. The van der Waals surface area contributed by atoms with Crippen LogP contribution in [-0.2, 0) is 9.59 Å². The Bertz CT molecular complexity index is 1110. The van der Waals surface area contributed by atoms with Crippen molar-refractivity contribution in [2.24, 2.45) is 0 Å². The number of rotatable bonds is 3. The van der Waals surface area contributed by atoms with Gasteiger partial charge in [0.1, 0.15) is 5.76 Å². The standard InChI is InChI=1S/C23H15BrClNO3/c24-16-10-6-14(7-11-16)20-19(21(27)15-8-12-17(25)13-9-15)22(28)23(29)26(20)18-4-2-1-3-5-18/h1-13,20,27H/t20-/m1/s1. The fraction of sp³-hybridized carbons (Fsp3) is 0.0435. The van der Waals surface area contributed by atoms with Gasteiger partial charge in [0.05, 0.1) is 11.6 Å². The molecule has 1 aliphatic heterocycles. The predicted octanol–water partition coefficient (Wildman–Crippen LogP) is 5.73. The molecule has 1 saturated heterocycles. The van der Waals surface area contributed by atoms with Crippen molar-refractivity contribution >= 4 is 50.7 Å². The molecule has 29 heavy (non-hydrogen) atoms. The van der Waals surface area contributed by atoms with Crippen molar-refractivity contribution in [2.45, 2.75) is 6.04 Å². The van der Waals surface area contributed by atoms with Crippen molar-refractivity contribution in [1.29, 1.82) is 0 Å². The van der Waals surface area contributed by atoms with Crippen LogP contribution in [0.1, 0.15) is 17.2 Å². The Labute approximate surface area is 181 Å². The van der Waals surface area contributed by atoms with E-state index in [0.29, 0.717) is 21.8 Å². The summed E-state index contributed by atoms with van der Waals surface area (Å²) in [6.07, 6.45) is 0. The summed E-state index contributed by atoms with van der Waals surface area (Å²) in [7, 11) is 0. The molecule has 0 bridgehead atoms. The maximum absolute atomic E-state index is 13.0. The van der Waals surface area contributed by atoms with Gasteiger partial charge in [-0.3, -0.25) is 14.5 Å². The topological polar surface area (TPSA) is 57.6 Å². The molecule has 3 aromatic rings. The Hall–Kier alpha value is -2.89. The first-order valence-corrected chi connectivity index (χ1v) is 10.0. The maximum Gasteiger partial charge on any atom is 0.300 e. The van der Waals surface area contributed by atoms with Gasteiger partial charge in [-0.1, -0.05) is 57.9 Å². The number of anilines is 1. The first-order chi connectivity index (χ1) is 14.0. The highest BCUT2D eigenvalue weighted by atomic mass is 79.9. The highest BCUT2D eigenvalue weighted by Crippen LogP contribution is 2.42. The van der Waals surface area contributed by atoms with Crippen molar-refractivity contribution in [1.82, 2.24) is 0 Å². The van der Waals surface area contributed by atoms with Crippen LogP contribution in [0.3, 0.4) is 0 Å². The van der Waals surface area contributed by atoms with E-state index >= 15 is 0 Å². The molecule has 6 heteroatoms. The number of para-hydroxylation sites is 1. The van der Waals surface area contributed by atoms with Gasteiger partial charge in [-0.25, -0.2) is 0 Å². The molecule has 4 rings (SSSR count). The van der Waals surface area contributed by atoms with E-state index in [-0.39, 0.29) is 11.3 Å². The third kappa shape index (κ3) is 3.59. The first kappa shape index (κ1) is 19.4. The number of nitrogens with zero attached hydrogens (tertiary/aromatic N) is 1. The predicted molar refractivity (Wildman–Crippen MR) is 117 cm³/mol. The molecular formula is C23H15BrClNO3. The van der Waals surface area contributed by atoms with Gasteiger partial charge in [-0.15, -0.1) is 0 Å². The summed E-state index contributed by atoms with van der Waals surface area (Å²) in [5.41, 5.74) is 1.76. The summed E-state index contributed by atoms with van der Waals surface area (Å²) in [5, 5.41) is 11.5. The number of amides is 1. The Morgan fingerprint density at radius 3 is 2.14 bits per heavy atom. The summed E-state index contributed by atoms with van der Waals surface area (Å²) in [4.78, 5) is 27.4. The normalized spacial score (nSPS) is 18.3. The monoisotopic (exact) mass is 467 g/mol. The number of hydrogen-bond donors (Lipinski definition) is 1. The van der Waals surface area contributed by atoms with Crippen LogP contribution in [0, 0.1) is 0 Å². The summed E-state index contributed by atoms with van der Waals surface area (Å²) < 4.78 is 0.871. The van der Waals surface area contributed by atoms with Crippen LogP contribution in [-0.4, -0.2) is 16.8 Å². The minimum atomic E-state index is -0.749. The average Bonchev–Trinajstić information content (AvgIpc) is 3.00. The Balaban J connectivity index is 1.94. The lowest BCUT2D eigenvalue weighted by Crippen LogP contribution is -2.29. The number of carbonyl (C=O) groups is 2. The highest BCUT2D eigenvalue weighted by molar-refractivity contribution is 9.10. The van der Waals surface area contributed by atoms with Crippen LogP contribution in [0.2, 0.25) is 5.02 Å². The van der Waals surface area contributed by atoms with Crippen LogP contribution < -0.4 is 4.90 Å². The second-order valence-electron chi connectivity index (χ2n) is 6.56. The van der Waals surface area contributed by atoms with E-state index in [1.54, 1.807) is 48.5 Å². The number of aliphatic hydroxyl groups is 1. The smallest absolute Gasteiger partial charge is 0.300 e. The molecule has 0 saturated carbocycles. The molecule has 0 radical (unpaired) electrons. The molecule has 1 amide bonds. The van der Waals surface area contributed by atoms with Gasteiger partial charge in [0.15, 0.2) is 0 Å². The maximum atomic E-state index is 13.0. The summed E-state index contributed by atoms with van der Waals surface area (Å²) in [5.74, 6) is -1.64. The molecule has 1 N–H and O–H groups in total. The Morgan fingerprint density at radius 2 is 1.52 bits per heavy atom. The number of benzene rings is 3. The van der Waals surface area contributed by atoms with Crippen molar-refractivity contribution in [3.63, 3.8) is 0 Å². The lowest BCUT2D eigenvalue weighted by Gasteiger charge is -2.25. The highest BCUT2D eigenvalue weighted by Gasteiger charge is 2.46. The van der Waals surface area contributed by atoms with E-state index in [9.17, 15) is 14.7 Å². The lowest BCUT2D eigenvalue weighted by molar-refractivity contribution is -0.132. The lowest BCUT2D eigenvalue weighted by atomic mass is 9.95. The zero-order valence-corrected chi connectivity index (χ0v) is 17.4. The Morgan fingerprint density at radius 1 is 0.897 bits per heavy atom. The van der Waals surface area contributed by atoms with Crippen molar-refractivity contribution < 1.29 is 14.7 Å². The largest absolute Gasteiger partial charge is 0.507 e. The van der Waals surface area contributed by atoms with E-state index in [4.69, 9.17) is 11.6 Å². The molecule has 0 aromatic heterocycles. The third-order valence-corrected chi connectivity index (χ3v) is 5.56. The molecule has 0 unspecified atom stereocenters. The molecule has 1 fully saturated rings. The molecule has 1 heterocycles. The van der Waals surface area contributed by atoms with E-state index in [1.165, 1.54) is 4.90 Å². The number of aliphatic hydroxyl groups excluding tert-OH is 1. The number of hydrogen-bond acceptors (Lipinski definition) is 3. The number of carbonyl (C=O) groups excluding carboxylic acids is 2. The summed E-state index contributed by atoms with van der Waals surface area (Å²) in [6, 6.07) is 22.0. The van der Waals surface area contributed by atoms with Gasteiger partial charge in [0.2, 0.25) is 0 Å². The summed E-state index contributed by atoms with van der Waals surface area (Å²) >= 11 is 9.34. The zero-order valence-electron chi connectivity index (χ0n) is 15.0. The summed E-state index contributed by atoms with van der Waals surface area (Å²) in [6.45, 7) is 0. The molecular weight excluding hydrogens is 454 g/mol. The number of ketones is 1. The molecule has 1 atom stereocenters. The van der Waals surface area contributed by atoms with Crippen molar-refractivity contribution in [2.75, 3.05) is 4.90 Å². The van der Waals surface area contributed by atoms with Gasteiger partial charge < -0.3 is 5.11 Å². The molecule has 1 aliphatic rings. The van der Waals surface area contributed by atoms with E-state index < -0.39 is 17.7 Å². The molecule has 0 spiro atoms. The van der Waals surface area contributed by atoms with Crippen LogP contribution in [0.15, 0.2) is 88.9 Å². The van der Waals surface area contributed by atoms with Crippen LogP contribution in [0.25, 0.3) is 5.76 Å². The van der Waals surface area contributed by atoms with Gasteiger partial charge in [0, 0.05) is 20.7 Å². The molecule has 3 aromatic carbocycles.